The average Bonchev–Trinajstić information content (AvgIpc) is 3.29. The molecule has 10 heteroatoms. The first-order valence-electron chi connectivity index (χ1n) is 9.94. The number of fused-ring (bicyclic) bond motifs is 1. The van der Waals surface area contributed by atoms with Gasteiger partial charge in [-0.3, -0.25) is 19.7 Å². The number of hydrogen-bond acceptors (Lipinski definition) is 6. The molecule has 1 aliphatic heterocycles. The SMILES string of the molecule is O=C1N[C@@H](C(CC2CCCCC2)C(=O)Nc2ncc(Cl)s2)c2ccc([N+](=O)[O-])cc21. The molecule has 2 aliphatic rings. The van der Waals surface area contributed by atoms with E-state index in [0.29, 0.717) is 27.4 Å². The second-order valence-corrected chi connectivity index (χ2v) is 9.45. The van der Waals surface area contributed by atoms with Crippen LogP contribution in [0.25, 0.3) is 0 Å². The fraction of sp³-hybridized carbons (Fsp3) is 0.450. The van der Waals surface area contributed by atoms with Crippen molar-refractivity contribution in [3.8, 4) is 0 Å². The number of anilines is 1. The van der Waals surface area contributed by atoms with E-state index >= 15 is 0 Å². The Hall–Kier alpha value is -2.52. The summed E-state index contributed by atoms with van der Waals surface area (Å²) in [6, 6.07) is 3.70. The van der Waals surface area contributed by atoms with Gasteiger partial charge in [0.25, 0.3) is 11.6 Å². The van der Waals surface area contributed by atoms with Crippen LogP contribution in [-0.4, -0.2) is 21.7 Å². The standard InChI is InChI=1S/C20H21ClN4O4S/c21-16-10-22-20(30-16)24-19(27)15(8-11-4-2-1-3-5-11)17-13-7-6-12(25(28)29)9-14(13)18(26)23-17/h6-7,9-11,15,17H,1-5,8H2,(H,23,26)(H,22,24,27)/t15?,17-/m1/s1. The number of amides is 2. The predicted molar refractivity (Wildman–Crippen MR) is 114 cm³/mol. The van der Waals surface area contributed by atoms with E-state index in [0.717, 1.165) is 25.7 Å². The van der Waals surface area contributed by atoms with Crippen LogP contribution in [0.5, 0.6) is 0 Å². The number of carbonyl (C=O) groups excluding carboxylic acids is 2. The van der Waals surface area contributed by atoms with Crippen molar-refractivity contribution < 1.29 is 14.5 Å². The summed E-state index contributed by atoms with van der Waals surface area (Å²) in [5.41, 5.74) is 0.738. The molecule has 0 bridgehead atoms. The summed E-state index contributed by atoms with van der Waals surface area (Å²) in [6.07, 6.45) is 7.71. The molecule has 2 N–H and O–H groups in total. The Kier molecular flexibility index (Phi) is 6.01. The van der Waals surface area contributed by atoms with Crippen LogP contribution >= 0.6 is 22.9 Å². The highest BCUT2D eigenvalue weighted by Crippen LogP contribution is 2.39. The van der Waals surface area contributed by atoms with E-state index < -0.39 is 22.8 Å². The number of nitrogens with zero attached hydrogens (tertiary/aromatic N) is 2. The van der Waals surface area contributed by atoms with E-state index in [1.807, 2.05) is 0 Å². The molecule has 0 saturated heterocycles. The molecule has 0 spiro atoms. The molecular weight excluding hydrogens is 428 g/mol. The monoisotopic (exact) mass is 448 g/mol. The molecule has 2 heterocycles. The topological polar surface area (TPSA) is 114 Å². The van der Waals surface area contributed by atoms with Gasteiger partial charge in [-0.25, -0.2) is 4.98 Å². The summed E-state index contributed by atoms with van der Waals surface area (Å²) < 4.78 is 0.473. The summed E-state index contributed by atoms with van der Waals surface area (Å²) >= 11 is 7.10. The molecule has 1 aromatic carbocycles. The van der Waals surface area contributed by atoms with Crippen molar-refractivity contribution in [1.29, 1.82) is 0 Å². The van der Waals surface area contributed by atoms with Gasteiger partial charge in [0.1, 0.15) is 4.34 Å². The lowest BCUT2D eigenvalue weighted by Crippen LogP contribution is -2.36. The first kappa shape index (κ1) is 20.7. The molecule has 2 amide bonds. The maximum absolute atomic E-state index is 13.2. The van der Waals surface area contributed by atoms with Gasteiger partial charge in [-0.15, -0.1) is 0 Å². The highest BCUT2D eigenvalue weighted by molar-refractivity contribution is 7.19. The number of benzene rings is 1. The van der Waals surface area contributed by atoms with Gasteiger partial charge in [-0.1, -0.05) is 55.0 Å². The molecule has 1 fully saturated rings. The first-order chi connectivity index (χ1) is 14.4. The van der Waals surface area contributed by atoms with Crippen LogP contribution in [0, 0.1) is 22.0 Å². The van der Waals surface area contributed by atoms with Crippen LogP contribution in [0.4, 0.5) is 10.8 Å². The molecule has 1 saturated carbocycles. The number of halogens is 1. The number of aromatic nitrogens is 1. The van der Waals surface area contributed by atoms with E-state index in [1.54, 1.807) is 6.07 Å². The average molecular weight is 449 g/mol. The van der Waals surface area contributed by atoms with Crippen LogP contribution < -0.4 is 10.6 Å². The van der Waals surface area contributed by atoms with Crippen LogP contribution in [0.3, 0.4) is 0 Å². The second kappa shape index (κ2) is 8.69. The number of nitro groups is 1. The molecule has 0 radical (unpaired) electrons. The minimum atomic E-state index is -0.536. The Bertz CT molecular complexity index is 989. The number of rotatable bonds is 6. The van der Waals surface area contributed by atoms with Gasteiger partial charge >= 0.3 is 0 Å². The van der Waals surface area contributed by atoms with E-state index in [4.69, 9.17) is 11.6 Å². The highest BCUT2D eigenvalue weighted by Gasteiger charge is 2.40. The fourth-order valence-corrected chi connectivity index (χ4v) is 5.24. The quantitative estimate of drug-likeness (QED) is 0.490. The molecular formula is C20H21ClN4O4S. The van der Waals surface area contributed by atoms with Crippen molar-refractivity contribution in [3.63, 3.8) is 0 Å². The maximum Gasteiger partial charge on any atom is 0.270 e. The lowest BCUT2D eigenvalue weighted by atomic mass is 9.79. The Morgan fingerprint density at radius 3 is 2.80 bits per heavy atom. The van der Waals surface area contributed by atoms with Crippen LogP contribution in [0.1, 0.15) is 60.5 Å². The van der Waals surface area contributed by atoms with Crippen molar-refractivity contribution >= 4 is 45.6 Å². The number of nitrogens with one attached hydrogen (secondary N) is 2. The normalized spacial score (nSPS) is 19.8. The summed E-state index contributed by atoms with van der Waals surface area (Å²) in [5, 5.41) is 17.2. The third-order valence-electron chi connectivity index (χ3n) is 5.87. The molecule has 2 aromatic rings. The van der Waals surface area contributed by atoms with E-state index in [9.17, 15) is 19.7 Å². The summed E-state index contributed by atoms with van der Waals surface area (Å²) in [7, 11) is 0. The number of thiazole rings is 1. The summed E-state index contributed by atoms with van der Waals surface area (Å²) in [5.74, 6) is -0.739. The largest absolute Gasteiger partial charge is 0.344 e. The third-order valence-corrected chi connectivity index (χ3v) is 6.90. The molecule has 2 atom stereocenters. The molecule has 1 aliphatic carbocycles. The van der Waals surface area contributed by atoms with E-state index in [-0.39, 0.29) is 17.2 Å². The van der Waals surface area contributed by atoms with Crippen molar-refractivity contribution in [2.75, 3.05) is 5.32 Å². The Labute approximate surface area is 182 Å². The van der Waals surface area contributed by atoms with Crippen LogP contribution in [0.2, 0.25) is 4.34 Å². The zero-order chi connectivity index (χ0) is 21.3. The Morgan fingerprint density at radius 1 is 1.37 bits per heavy atom. The second-order valence-electron chi connectivity index (χ2n) is 7.78. The van der Waals surface area contributed by atoms with Crippen molar-refractivity contribution in [1.82, 2.24) is 10.3 Å². The molecule has 1 aromatic heterocycles. The lowest BCUT2D eigenvalue weighted by Gasteiger charge is -2.29. The number of hydrogen-bond donors (Lipinski definition) is 2. The minimum Gasteiger partial charge on any atom is -0.344 e. The Morgan fingerprint density at radius 2 is 2.13 bits per heavy atom. The molecule has 8 nitrogen and oxygen atoms in total. The highest BCUT2D eigenvalue weighted by atomic mass is 35.5. The van der Waals surface area contributed by atoms with E-state index in [2.05, 4.69) is 15.6 Å². The van der Waals surface area contributed by atoms with Crippen molar-refractivity contribution in [2.45, 2.75) is 44.6 Å². The van der Waals surface area contributed by atoms with Gasteiger partial charge in [0, 0.05) is 12.1 Å². The molecule has 1 unspecified atom stereocenters. The van der Waals surface area contributed by atoms with Crippen LogP contribution in [-0.2, 0) is 4.79 Å². The van der Waals surface area contributed by atoms with Gasteiger partial charge < -0.3 is 10.6 Å². The van der Waals surface area contributed by atoms with Gasteiger partial charge in [0.2, 0.25) is 5.91 Å². The van der Waals surface area contributed by atoms with Gasteiger partial charge in [0.05, 0.1) is 28.6 Å². The molecule has 158 valence electrons. The maximum atomic E-state index is 13.2. The number of nitro benzene ring substituents is 1. The van der Waals surface area contributed by atoms with Gasteiger partial charge in [-0.05, 0) is 24.0 Å². The zero-order valence-electron chi connectivity index (χ0n) is 16.1. The lowest BCUT2D eigenvalue weighted by molar-refractivity contribution is -0.384. The number of carbonyl (C=O) groups is 2. The first-order valence-corrected chi connectivity index (χ1v) is 11.1. The zero-order valence-corrected chi connectivity index (χ0v) is 17.7. The summed E-state index contributed by atoms with van der Waals surface area (Å²) in [4.78, 5) is 40.4. The number of non-ortho nitro benzene ring substituents is 1. The Balaban J connectivity index is 1.63. The minimum absolute atomic E-state index is 0.143. The van der Waals surface area contributed by atoms with Crippen molar-refractivity contribution in [2.24, 2.45) is 11.8 Å². The van der Waals surface area contributed by atoms with E-state index in [1.165, 1.54) is 36.1 Å². The van der Waals surface area contributed by atoms with Gasteiger partial charge in [0.15, 0.2) is 5.13 Å². The molecule has 4 rings (SSSR count). The third kappa shape index (κ3) is 4.32. The fourth-order valence-electron chi connectivity index (χ4n) is 4.43. The smallest absolute Gasteiger partial charge is 0.270 e. The predicted octanol–water partition coefficient (Wildman–Crippen LogP) is 4.71. The van der Waals surface area contributed by atoms with Gasteiger partial charge in [-0.2, -0.15) is 0 Å². The molecule has 30 heavy (non-hydrogen) atoms. The summed E-state index contributed by atoms with van der Waals surface area (Å²) in [6.45, 7) is 0. The van der Waals surface area contributed by atoms with Crippen molar-refractivity contribution in [3.05, 3.63) is 50.0 Å². The van der Waals surface area contributed by atoms with Crippen LogP contribution in [0.15, 0.2) is 24.4 Å².